The van der Waals surface area contributed by atoms with Gasteiger partial charge in [-0.1, -0.05) is 38.1 Å². The predicted octanol–water partition coefficient (Wildman–Crippen LogP) is 3.27. The number of benzene rings is 1. The molecular weight excluding hydrogens is 366 g/mol. The minimum atomic E-state index is -0.537. The number of amides is 1. The molecule has 7 heteroatoms. The predicted molar refractivity (Wildman–Crippen MR) is 110 cm³/mol. The van der Waals surface area contributed by atoms with Gasteiger partial charge >= 0.3 is 0 Å². The fraction of sp³-hybridized carbons (Fsp3) is 0.409. The summed E-state index contributed by atoms with van der Waals surface area (Å²) in [6.07, 6.45) is 5.20. The first-order chi connectivity index (χ1) is 13.8. The van der Waals surface area contributed by atoms with Crippen molar-refractivity contribution in [3.63, 3.8) is 0 Å². The molecule has 1 amide bonds. The van der Waals surface area contributed by atoms with Crippen LogP contribution in [0.4, 0.5) is 0 Å². The van der Waals surface area contributed by atoms with Crippen LogP contribution in [0.3, 0.4) is 0 Å². The average molecular weight is 393 g/mol. The van der Waals surface area contributed by atoms with Crippen LogP contribution in [0.25, 0.3) is 5.69 Å². The number of aromatic amines is 1. The van der Waals surface area contributed by atoms with Crippen molar-refractivity contribution < 1.29 is 9.90 Å². The van der Waals surface area contributed by atoms with Crippen molar-refractivity contribution in [2.75, 3.05) is 0 Å². The lowest BCUT2D eigenvalue weighted by atomic mass is 9.89. The van der Waals surface area contributed by atoms with Gasteiger partial charge in [0, 0.05) is 12.7 Å². The van der Waals surface area contributed by atoms with E-state index in [1.165, 1.54) is 0 Å². The van der Waals surface area contributed by atoms with E-state index >= 15 is 0 Å². The molecule has 2 heterocycles. The first-order valence-electron chi connectivity index (χ1n) is 9.98. The lowest BCUT2D eigenvalue weighted by Crippen LogP contribution is -2.23. The number of carbonyl (C=O) groups excluding carboxylic acids is 1. The van der Waals surface area contributed by atoms with Gasteiger partial charge < -0.3 is 15.4 Å². The molecule has 1 unspecified atom stereocenters. The lowest BCUT2D eigenvalue weighted by Gasteiger charge is -2.15. The summed E-state index contributed by atoms with van der Waals surface area (Å²) in [5, 5.41) is 21.4. The van der Waals surface area contributed by atoms with E-state index in [2.05, 4.69) is 41.4 Å². The quantitative estimate of drug-likeness (QED) is 0.599. The number of rotatable bonds is 6. The Morgan fingerprint density at radius 1 is 1.34 bits per heavy atom. The van der Waals surface area contributed by atoms with Crippen molar-refractivity contribution in [1.29, 1.82) is 0 Å². The SMILES string of the molecule is CC(C)(C)c1c[nH]c(C(=O)NCc2cccc(-n3cc(C(O)C4CC4)nn3)c2)c1. The van der Waals surface area contributed by atoms with Crippen molar-refractivity contribution in [2.45, 2.75) is 51.7 Å². The number of hydrogen-bond acceptors (Lipinski definition) is 4. The first kappa shape index (κ1) is 19.4. The highest BCUT2D eigenvalue weighted by atomic mass is 16.3. The molecule has 0 bridgehead atoms. The standard InChI is InChI=1S/C22H27N5O2/c1-22(2,3)16-10-18(23-12-16)21(29)24-11-14-5-4-6-17(9-14)27-13-19(25-26-27)20(28)15-7-8-15/h4-6,9-10,12-13,15,20,23,28H,7-8,11H2,1-3H3,(H,24,29). The minimum absolute atomic E-state index is 0.00685. The number of aliphatic hydroxyl groups excluding tert-OH is 1. The Morgan fingerprint density at radius 2 is 2.14 bits per heavy atom. The Labute approximate surface area is 170 Å². The molecule has 4 rings (SSSR count). The summed E-state index contributed by atoms with van der Waals surface area (Å²) in [4.78, 5) is 15.5. The average Bonchev–Trinajstić information content (AvgIpc) is 3.20. The molecule has 0 aliphatic heterocycles. The second kappa shape index (κ2) is 7.48. The van der Waals surface area contributed by atoms with Crippen LogP contribution < -0.4 is 5.32 Å². The maximum Gasteiger partial charge on any atom is 0.267 e. The zero-order valence-corrected chi connectivity index (χ0v) is 17.0. The van der Waals surface area contributed by atoms with Gasteiger partial charge in [0.05, 0.1) is 11.9 Å². The van der Waals surface area contributed by atoms with Gasteiger partial charge in [-0.3, -0.25) is 4.79 Å². The van der Waals surface area contributed by atoms with E-state index in [0.717, 1.165) is 29.7 Å². The van der Waals surface area contributed by atoms with Crippen LogP contribution in [0.15, 0.2) is 42.7 Å². The molecule has 3 aromatic rings. The van der Waals surface area contributed by atoms with Crippen molar-refractivity contribution in [1.82, 2.24) is 25.3 Å². The molecule has 1 aliphatic rings. The summed E-state index contributed by atoms with van der Waals surface area (Å²) in [7, 11) is 0. The maximum atomic E-state index is 12.5. The second-order valence-electron chi connectivity index (χ2n) is 8.77. The van der Waals surface area contributed by atoms with E-state index < -0.39 is 6.10 Å². The molecule has 0 spiro atoms. The highest BCUT2D eigenvalue weighted by Crippen LogP contribution is 2.40. The van der Waals surface area contributed by atoms with Gasteiger partial charge in [-0.15, -0.1) is 5.10 Å². The van der Waals surface area contributed by atoms with Gasteiger partial charge in [0.1, 0.15) is 17.5 Å². The molecule has 1 aromatic carbocycles. The third-order valence-corrected chi connectivity index (χ3v) is 5.30. The summed E-state index contributed by atoms with van der Waals surface area (Å²) < 4.78 is 1.66. The highest BCUT2D eigenvalue weighted by Gasteiger charge is 2.32. The van der Waals surface area contributed by atoms with Gasteiger partial charge in [-0.05, 0) is 53.5 Å². The Kier molecular flexibility index (Phi) is 5.00. The fourth-order valence-electron chi connectivity index (χ4n) is 3.24. The topological polar surface area (TPSA) is 95.8 Å². The molecule has 0 saturated heterocycles. The van der Waals surface area contributed by atoms with E-state index in [1.54, 1.807) is 10.9 Å². The number of aliphatic hydroxyl groups is 1. The molecule has 152 valence electrons. The largest absolute Gasteiger partial charge is 0.386 e. The van der Waals surface area contributed by atoms with Gasteiger partial charge in [0.15, 0.2) is 0 Å². The number of nitrogens with one attached hydrogen (secondary N) is 2. The Hall–Kier alpha value is -2.93. The third-order valence-electron chi connectivity index (χ3n) is 5.30. The van der Waals surface area contributed by atoms with Gasteiger partial charge in [-0.25, -0.2) is 4.68 Å². The molecular formula is C22H27N5O2. The summed E-state index contributed by atoms with van der Waals surface area (Å²) in [5.41, 5.74) is 4.05. The Morgan fingerprint density at radius 3 is 2.83 bits per heavy atom. The molecule has 0 radical (unpaired) electrons. The van der Waals surface area contributed by atoms with E-state index in [1.807, 2.05) is 36.5 Å². The molecule has 1 atom stereocenters. The second-order valence-corrected chi connectivity index (χ2v) is 8.77. The molecule has 2 aromatic heterocycles. The zero-order valence-electron chi connectivity index (χ0n) is 17.0. The number of hydrogen-bond donors (Lipinski definition) is 3. The number of nitrogens with zero attached hydrogens (tertiary/aromatic N) is 3. The molecule has 7 nitrogen and oxygen atoms in total. The minimum Gasteiger partial charge on any atom is -0.386 e. The maximum absolute atomic E-state index is 12.5. The van der Waals surface area contributed by atoms with Crippen LogP contribution in [0.2, 0.25) is 0 Å². The summed E-state index contributed by atoms with van der Waals surface area (Å²) in [6, 6.07) is 9.65. The van der Waals surface area contributed by atoms with E-state index in [9.17, 15) is 9.90 Å². The van der Waals surface area contributed by atoms with Crippen molar-refractivity contribution >= 4 is 5.91 Å². The van der Waals surface area contributed by atoms with E-state index in [-0.39, 0.29) is 11.3 Å². The van der Waals surface area contributed by atoms with Crippen LogP contribution in [0, 0.1) is 5.92 Å². The van der Waals surface area contributed by atoms with Crippen LogP contribution in [0.1, 0.15) is 67.0 Å². The van der Waals surface area contributed by atoms with Crippen molar-refractivity contribution in [3.8, 4) is 5.69 Å². The molecule has 29 heavy (non-hydrogen) atoms. The zero-order chi connectivity index (χ0) is 20.6. The van der Waals surface area contributed by atoms with Gasteiger partial charge in [-0.2, -0.15) is 0 Å². The summed E-state index contributed by atoms with van der Waals surface area (Å²) >= 11 is 0. The fourth-order valence-corrected chi connectivity index (χ4v) is 3.24. The first-order valence-corrected chi connectivity index (χ1v) is 9.98. The molecule has 3 N–H and O–H groups in total. The smallest absolute Gasteiger partial charge is 0.267 e. The lowest BCUT2D eigenvalue weighted by molar-refractivity contribution is 0.0946. The summed E-state index contributed by atoms with van der Waals surface area (Å²) in [6.45, 7) is 6.75. The van der Waals surface area contributed by atoms with Crippen LogP contribution in [-0.4, -0.2) is 31.0 Å². The van der Waals surface area contributed by atoms with Crippen LogP contribution >= 0.6 is 0 Å². The van der Waals surface area contributed by atoms with Gasteiger partial charge in [0.2, 0.25) is 0 Å². The van der Waals surface area contributed by atoms with E-state index in [0.29, 0.717) is 23.9 Å². The molecule has 1 saturated carbocycles. The normalized spacial score (nSPS) is 15.3. The summed E-state index contributed by atoms with van der Waals surface area (Å²) in [5.74, 6) is 0.176. The van der Waals surface area contributed by atoms with Crippen LogP contribution in [0.5, 0.6) is 0 Å². The Balaban J connectivity index is 1.41. The van der Waals surface area contributed by atoms with Crippen molar-refractivity contribution in [2.24, 2.45) is 5.92 Å². The van der Waals surface area contributed by atoms with E-state index in [4.69, 9.17) is 0 Å². The number of carbonyl (C=O) groups is 1. The molecule has 1 fully saturated rings. The van der Waals surface area contributed by atoms with Crippen molar-refractivity contribution in [3.05, 3.63) is 65.2 Å². The number of aromatic nitrogens is 4. The Bertz CT molecular complexity index is 1010. The molecule has 1 aliphatic carbocycles. The number of H-pyrrole nitrogens is 1. The highest BCUT2D eigenvalue weighted by molar-refractivity contribution is 5.92. The van der Waals surface area contributed by atoms with Gasteiger partial charge in [0.25, 0.3) is 5.91 Å². The third kappa shape index (κ3) is 4.40. The monoisotopic (exact) mass is 393 g/mol. The van der Waals surface area contributed by atoms with Crippen LogP contribution in [-0.2, 0) is 12.0 Å².